The number of hydrogen-bond acceptors (Lipinski definition) is 3. The van der Waals surface area contributed by atoms with Crippen molar-refractivity contribution in [1.82, 2.24) is 24.5 Å². The van der Waals surface area contributed by atoms with Crippen molar-refractivity contribution in [2.75, 3.05) is 0 Å². The van der Waals surface area contributed by atoms with Crippen molar-refractivity contribution in [1.29, 1.82) is 0 Å². The third-order valence-corrected chi connectivity index (χ3v) is 3.47. The van der Waals surface area contributed by atoms with E-state index in [1.165, 1.54) is 11.1 Å². The molecule has 0 aromatic carbocycles. The minimum Gasteiger partial charge on any atom is -0.322 e. The van der Waals surface area contributed by atoms with Gasteiger partial charge in [-0.15, -0.1) is 5.10 Å². The van der Waals surface area contributed by atoms with Crippen molar-refractivity contribution in [3.8, 4) is 16.9 Å². The standard InChI is InChI=1S/C15H17N5/c1-4-20-10-15(17-18-20)13-5-14(7-16-6-13)19-8-11(2)12(3)9-19/h5-10H,4H2,1-3H3. The molecule has 0 amide bonds. The van der Waals surface area contributed by atoms with Crippen LogP contribution in [0.4, 0.5) is 0 Å². The van der Waals surface area contributed by atoms with E-state index in [0.29, 0.717) is 0 Å². The first-order valence-electron chi connectivity index (χ1n) is 6.68. The molecule has 0 N–H and O–H groups in total. The lowest BCUT2D eigenvalue weighted by Gasteiger charge is -2.03. The molecule has 5 heteroatoms. The second kappa shape index (κ2) is 4.92. The van der Waals surface area contributed by atoms with E-state index in [0.717, 1.165) is 23.5 Å². The zero-order valence-electron chi connectivity index (χ0n) is 11.9. The average Bonchev–Trinajstić information content (AvgIpc) is 3.07. The average molecular weight is 267 g/mol. The summed E-state index contributed by atoms with van der Waals surface area (Å²) in [6.45, 7) is 7.07. The minimum absolute atomic E-state index is 0.816. The number of aryl methyl sites for hydroxylation is 3. The Kier molecular flexibility index (Phi) is 3.10. The van der Waals surface area contributed by atoms with Crippen molar-refractivity contribution in [3.05, 3.63) is 48.2 Å². The number of rotatable bonds is 3. The lowest BCUT2D eigenvalue weighted by Crippen LogP contribution is -1.93. The van der Waals surface area contributed by atoms with E-state index in [9.17, 15) is 0 Å². The van der Waals surface area contributed by atoms with Gasteiger partial charge in [0.2, 0.25) is 0 Å². The van der Waals surface area contributed by atoms with Gasteiger partial charge < -0.3 is 4.57 Å². The van der Waals surface area contributed by atoms with Gasteiger partial charge in [-0.05, 0) is 38.0 Å². The highest BCUT2D eigenvalue weighted by atomic mass is 15.4. The summed E-state index contributed by atoms with van der Waals surface area (Å²) in [4.78, 5) is 4.31. The minimum atomic E-state index is 0.816. The van der Waals surface area contributed by atoms with Crippen LogP contribution in [-0.4, -0.2) is 24.5 Å². The summed E-state index contributed by atoms with van der Waals surface area (Å²) in [7, 11) is 0. The van der Waals surface area contributed by atoms with Crippen LogP contribution in [-0.2, 0) is 6.54 Å². The van der Waals surface area contributed by atoms with Gasteiger partial charge in [-0.25, -0.2) is 0 Å². The van der Waals surface area contributed by atoms with Gasteiger partial charge in [-0.3, -0.25) is 9.67 Å². The molecule has 0 unspecified atom stereocenters. The van der Waals surface area contributed by atoms with Gasteiger partial charge in [0.25, 0.3) is 0 Å². The highest BCUT2D eigenvalue weighted by Gasteiger charge is 2.06. The van der Waals surface area contributed by atoms with Crippen molar-refractivity contribution in [2.45, 2.75) is 27.3 Å². The van der Waals surface area contributed by atoms with Crippen LogP contribution in [0, 0.1) is 13.8 Å². The Hall–Kier alpha value is -2.43. The Morgan fingerprint density at radius 3 is 2.45 bits per heavy atom. The fourth-order valence-corrected chi connectivity index (χ4v) is 2.10. The maximum absolute atomic E-state index is 4.31. The molecule has 3 rings (SSSR count). The van der Waals surface area contributed by atoms with Crippen molar-refractivity contribution >= 4 is 0 Å². The third-order valence-electron chi connectivity index (χ3n) is 3.47. The monoisotopic (exact) mass is 267 g/mol. The fraction of sp³-hybridized carbons (Fsp3) is 0.267. The predicted molar refractivity (Wildman–Crippen MR) is 77.7 cm³/mol. The largest absolute Gasteiger partial charge is 0.322 e. The van der Waals surface area contributed by atoms with Crippen LogP contribution in [0.1, 0.15) is 18.1 Å². The molecule has 0 aliphatic carbocycles. The summed E-state index contributed by atoms with van der Waals surface area (Å²) >= 11 is 0. The Bertz CT molecular complexity index is 719. The number of hydrogen-bond donors (Lipinski definition) is 0. The molecule has 0 radical (unpaired) electrons. The van der Waals surface area contributed by atoms with Crippen LogP contribution in [0.15, 0.2) is 37.1 Å². The van der Waals surface area contributed by atoms with Crippen molar-refractivity contribution in [2.24, 2.45) is 0 Å². The first-order valence-corrected chi connectivity index (χ1v) is 6.68. The molecule has 0 spiro atoms. The van der Waals surface area contributed by atoms with Crippen LogP contribution in [0.2, 0.25) is 0 Å². The summed E-state index contributed by atoms with van der Waals surface area (Å²) in [5.74, 6) is 0. The van der Waals surface area contributed by atoms with Crippen molar-refractivity contribution in [3.63, 3.8) is 0 Å². The topological polar surface area (TPSA) is 48.5 Å². The molecule has 5 nitrogen and oxygen atoms in total. The van der Waals surface area contributed by atoms with E-state index in [1.807, 2.05) is 30.2 Å². The molecular weight excluding hydrogens is 250 g/mol. The quantitative estimate of drug-likeness (QED) is 0.733. The second-order valence-electron chi connectivity index (χ2n) is 4.92. The van der Waals surface area contributed by atoms with Gasteiger partial charge in [0.1, 0.15) is 5.69 Å². The Morgan fingerprint density at radius 1 is 1.05 bits per heavy atom. The SMILES string of the molecule is CCn1cc(-c2cncc(-n3cc(C)c(C)c3)c2)nn1. The van der Waals surface area contributed by atoms with Crippen LogP contribution in [0.25, 0.3) is 16.9 Å². The molecule has 0 bridgehead atoms. The number of pyridine rings is 1. The van der Waals surface area contributed by atoms with E-state index in [2.05, 4.69) is 52.2 Å². The molecule has 3 aromatic heterocycles. The Morgan fingerprint density at radius 2 is 1.80 bits per heavy atom. The molecule has 0 aliphatic heterocycles. The molecular formula is C15H17N5. The van der Waals surface area contributed by atoms with Gasteiger partial charge >= 0.3 is 0 Å². The fourth-order valence-electron chi connectivity index (χ4n) is 2.10. The number of nitrogens with zero attached hydrogens (tertiary/aromatic N) is 5. The summed E-state index contributed by atoms with van der Waals surface area (Å²) in [5.41, 5.74) is 5.40. The van der Waals surface area contributed by atoms with E-state index < -0.39 is 0 Å². The lowest BCUT2D eigenvalue weighted by atomic mass is 10.2. The van der Waals surface area contributed by atoms with Gasteiger partial charge in [0.15, 0.2) is 0 Å². The normalized spacial score (nSPS) is 10.9. The molecule has 0 saturated heterocycles. The van der Waals surface area contributed by atoms with Gasteiger partial charge in [0.05, 0.1) is 18.1 Å². The zero-order valence-corrected chi connectivity index (χ0v) is 11.9. The molecule has 0 fully saturated rings. The van der Waals surface area contributed by atoms with Crippen molar-refractivity contribution < 1.29 is 0 Å². The first-order chi connectivity index (χ1) is 9.67. The third kappa shape index (κ3) is 2.22. The zero-order chi connectivity index (χ0) is 14.1. The molecule has 3 aromatic rings. The van der Waals surface area contributed by atoms with Crippen LogP contribution in [0.3, 0.4) is 0 Å². The predicted octanol–water partition coefficient (Wildman–Crippen LogP) is 2.77. The summed E-state index contributed by atoms with van der Waals surface area (Å²) < 4.78 is 3.90. The van der Waals surface area contributed by atoms with E-state index in [4.69, 9.17) is 0 Å². The highest BCUT2D eigenvalue weighted by molar-refractivity contribution is 5.59. The first kappa shape index (κ1) is 12.6. The molecule has 0 aliphatic rings. The lowest BCUT2D eigenvalue weighted by molar-refractivity contribution is 0.627. The summed E-state index contributed by atoms with van der Waals surface area (Å²) in [5, 5.41) is 8.24. The van der Waals surface area contributed by atoms with Gasteiger partial charge in [0, 0.05) is 30.7 Å². The Balaban J connectivity index is 2.01. The van der Waals surface area contributed by atoms with Crippen LogP contribution < -0.4 is 0 Å². The molecule has 102 valence electrons. The molecule has 20 heavy (non-hydrogen) atoms. The maximum Gasteiger partial charge on any atom is 0.114 e. The van der Waals surface area contributed by atoms with Crippen LogP contribution >= 0.6 is 0 Å². The molecule has 0 saturated carbocycles. The second-order valence-corrected chi connectivity index (χ2v) is 4.92. The van der Waals surface area contributed by atoms with E-state index in [1.54, 1.807) is 0 Å². The van der Waals surface area contributed by atoms with Gasteiger partial charge in [-0.1, -0.05) is 5.21 Å². The van der Waals surface area contributed by atoms with E-state index in [-0.39, 0.29) is 0 Å². The van der Waals surface area contributed by atoms with Gasteiger partial charge in [-0.2, -0.15) is 0 Å². The summed E-state index contributed by atoms with van der Waals surface area (Å²) in [6, 6.07) is 2.08. The number of aromatic nitrogens is 5. The maximum atomic E-state index is 4.31. The molecule has 0 atom stereocenters. The van der Waals surface area contributed by atoms with E-state index >= 15 is 0 Å². The molecule has 3 heterocycles. The summed E-state index contributed by atoms with van der Waals surface area (Å²) in [6.07, 6.45) is 9.83. The Labute approximate surface area is 117 Å². The smallest absolute Gasteiger partial charge is 0.114 e. The highest BCUT2D eigenvalue weighted by Crippen LogP contribution is 2.20. The van der Waals surface area contributed by atoms with Crippen LogP contribution in [0.5, 0.6) is 0 Å².